The van der Waals surface area contributed by atoms with Crippen molar-refractivity contribution in [1.82, 2.24) is 9.55 Å². The molecule has 0 saturated carbocycles. The van der Waals surface area contributed by atoms with Gasteiger partial charge in [0.05, 0.1) is 16.1 Å². The van der Waals surface area contributed by atoms with Crippen LogP contribution in [-0.2, 0) is 11.3 Å². The second-order valence-electron chi connectivity index (χ2n) is 5.09. The Morgan fingerprint density at radius 1 is 1.29 bits per heavy atom. The zero-order valence-corrected chi connectivity index (χ0v) is 14.7. The number of halogens is 2. The number of amides is 1. The van der Waals surface area contributed by atoms with E-state index in [1.165, 1.54) is 17.4 Å². The van der Waals surface area contributed by atoms with Crippen LogP contribution in [0.2, 0.25) is 10.0 Å². The molecule has 3 rings (SSSR count). The lowest BCUT2D eigenvalue weighted by molar-refractivity contribution is -0.116. The van der Waals surface area contributed by atoms with E-state index in [9.17, 15) is 14.4 Å². The number of carbonyl (C=O) groups is 1. The van der Waals surface area contributed by atoms with Gasteiger partial charge in [0.1, 0.15) is 11.4 Å². The molecule has 24 heavy (non-hydrogen) atoms. The minimum Gasteiger partial charge on any atom is -0.323 e. The summed E-state index contributed by atoms with van der Waals surface area (Å²) in [7, 11) is 0. The van der Waals surface area contributed by atoms with Gasteiger partial charge < -0.3 is 5.32 Å². The summed E-state index contributed by atoms with van der Waals surface area (Å²) in [4.78, 5) is 40.6. The summed E-state index contributed by atoms with van der Waals surface area (Å²) in [6.45, 7) is 1.41. The van der Waals surface area contributed by atoms with Crippen LogP contribution >= 0.6 is 34.5 Å². The summed E-state index contributed by atoms with van der Waals surface area (Å²) >= 11 is 13.2. The average Bonchev–Trinajstić information content (AvgIpc) is 2.88. The fourth-order valence-electron chi connectivity index (χ4n) is 2.24. The van der Waals surface area contributed by atoms with Gasteiger partial charge in [-0.15, -0.1) is 11.3 Å². The number of nitrogens with zero attached hydrogens (tertiary/aromatic N) is 1. The Morgan fingerprint density at radius 3 is 2.79 bits per heavy atom. The molecule has 2 N–H and O–H groups in total. The lowest BCUT2D eigenvalue weighted by atomic mass is 10.3. The highest BCUT2D eigenvalue weighted by molar-refractivity contribution is 7.18. The van der Waals surface area contributed by atoms with Crippen molar-refractivity contribution in [1.29, 1.82) is 0 Å². The molecule has 2 heterocycles. The summed E-state index contributed by atoms with van der Waals surface area (Å²) in [5.74, 6) is -0.557. The summed E-state index contributed by atoms with van der Waals surface area (Å²) in [5, 5.41) is 3.63. The minimum atomic E-state index is -0.637. The summed E-state index contributed by atoms with van der Waals surface area (Å²) < 4.78 is 0.849. The standard InChI is InChI=1S/C15H11Cl2N3O3S/c1-7-4-9-13(24-7)19-15(23)20(14(9)22)6-12(21)18-11-5-8(16)2-3-10(11)17/h2-5H,6H2,1H3,(H,18,21)(H,19,23). The molecule has 0 aliphatic carbocycles. The molecule has 0 aliphatic rings. The van der Waals surface area contributed by atoms with Crippen LogP contribution in [0, 0.1) is 6.92 Å². The van der Waals surface area contributed by atoms with E-state index in [0.29, 0.717) is 25.9 Å². The van der Waals surface area contributed by atoms with Gasteiger partial charge in [0, 0.05) is 9.90 Å². The molecule has 9 heteroatoms. The second kappa shape index (κ2) is 6.43. The van der Waals surface area contributed by atoms with Gasteiger partial charge in [-0.05, 0) is 31.2 Å². The first-order valence-corrected chi connectivity index (χ1v) is 8.40. The van der Waals surface area contributed by atoms with Crippen molar-refractivity contribution in [2.45, 2.75) is 13.5 Å². The highest BCUT2D eigenvalue weighted by Gasteiger charge is 2.14. The fourth-order valence-corrected chi connectivity index (χ4v) is 3.47. The number of anilines is 1. The zero-order chi connectivity index (χ0) is 17.4. The number of H-pyrrole nitrogens is 1. The topological polar surface area (TPSA) is 84.0 Å². The molecular formula is C15H11Cl2N3O3S. The van der Waals surface area contributed by atoms with E-state index >= 15 is 0 Å². The van der Waals surface area contributed by atoms with Crippen LogP contribution in [0.25, 0.3) is 10.2 Å². The molecule has 124 valence electrons. The Morgan fingerprint density at radius 2 is 2.04 bits per heavy atom. The Kier molecular flexibility index (Phi) is 4.49. The number of aryl methyl sites for hydroxylation is 1. The number of hydrogen-bond acceptors (Lipinski definition) is 4. The van der Waals surface area contributed by atoms with E-state index in [4.69, 9.17) is 23.2 Å². The number of aromatic nitrogens is 2. The molecule has 0 radical (unpaired) electrons. The van der Waals surface area contributed by atoms with Crippen LogP contribution in [0.15, 0.2) is 33.9 Å². The van der Waals surface area contributed by atoms with E-state index < -0.39 is 23.7 Å². The molecule has 0 bridgehead atoms. The average molecular weight is 384 g/mol. The van der Waals surface area contributed by atoms with Crippen LogP contribution in [0.1, 0.15) is 4.88 Å². The maximum absolute atomic E-state index is 12.4. The van der Waals surface area contributed by atoms with Gasteiger partial charge in [-0.2, -0.15) is 0 Å². The Balaban J connectivity index is 1.92. The second-order valence-corrected chi connectivity index (χ2v) is 7.19. The normalized spacial score (nSPS) is 11.0. The number of carbonyl (C=O) groups excluding carboxylic acids is 1. The van der Waals surface area contributed by atoms with Gasteiger partial charge in [-0.1, -0.05) is 23.2 Å². The van der Waals surface area contributed by atoms with Gasteiger partial charge in [0.15, 0.2) is 0 Å². The van der Waals surface area contributed by atoms with Gasteiger partial charge in [0.25, 0.3) is 5.56 Å². The van der Waals surface area contributed by atoms with Crippen molar-refractivity contribution < 1.29 is 4.79 Å². The van der Waals surface area contributed by atoms with Crippen LogP contribution < -0.4 is 16.6 Å². The van der Waals surface area contributed by atoms with Crippen molar-refractivity contribution in [3.63, 3.8) is 0 Å². The van der Waals surface area contributed by atoms with Crippen LogP contribution in [-0.4, -0.2) is 15.5 Å². The number of rotatable bonds is 3. The molecule has 6 nitrogen and oxygen atoms in total. The molecule has 1 aromatic carbocycles. The maximum Gasteiger partial charge on any atom is 0.329 e. The fraction of sp³-hybridized carbons (Fsp3) is 0.133. The number of benzene rings is 1. The number of aromatic amines is 1. The molecule has 0 aliphatic heterocycles. The molecule has 0 fully saturated rings. The maximum atomic E-state index is 12.4. The quantitative estimate of drug-likeness (QED) is 0.728. The third kappa shape index (κ3) is 3.24. The van der Waals surface area contributed by atoms with Crippen molar-refractivity contribution in [3.05, 3.63) is 60.0 Å². The third-order valence-electron chi connectivity index (χ3n) is 3.30. The lowest BCUT2D eigenvalue weighted by Crippen LogP contribution is -2.38. The number of nitrogens with one attached hydrogen (secondary N) is 2. The van der Waals surface area contributed by atoms with Crippen LogP contribution in [0.5, 0.6) is 0 Å². The first kappa shape index (κ1) is 16.8. The smallest absolute Gasteiger partial charge is 0.323 e. The molecule has 1 amide bonds. The summed E-state index contributed by atoms with van der Waals surface area (Å²) in [6.07, 6.45) is 0. The highest BCUT2D eigenvalue weighted by atomic mass is 35.5. The lowest BCUT2D eigenvalue weighted by Gasteiger charge is -2.08. The Hall–Kier alpha value is -2.09. The first-order chi connectivity index (χ1) is 11.3. The molecule has 0 atom stereocenters. The van der Waals surface area contributed by atoms with Crippen LogP contribution in [0.4, 0.5) is 5.69 Å². The molecule has 3 aromatic rings. The van der Waals surface area contributed by atoms with E-state index in [-0.39, 0.29) is 0 Å². The number of thiophene rings is 1. The van der Waals surface area contributed by atoms with Crippen molar-refractivity contribution in [3.8, 4) is 0 Å². The monoisotopic (exact) mass is 383 g/mol. The van der Waals surface area contributed by atoms with Gasteiger partial charge in [-0.3, -0.25) is 19.1 Å². The number of fused-ring (bicyclic) bond motifs is 1. The SMILES string of the molecule is Cc1cc2c(=O)n(CC(=O)Nc3cc(Cl)ccc3Cl)c(=O)[nH]c2s1. The van der Waals surface area contributed by atoms with E-state index in [2.05, 4.69) is 10.3 Å². The molecule has 0 saturated heterocycles. The van der Waals surface area contributed by atoms with Crippen molar-refractivity contribution >= 4 is 56.3 Å². The van der Waals surface area contributed by atoms with E-state index in [1.54, 1.807) is 18.2 Å². The molecule has 0 unspecified atom stereocenters. The van der Waals surface area contributed by atoms with Gasteiger partial charge in [0.2, 0.25) is 5.91 Å². The van der Waals surface area contributed by atoms with Gasteiger partial charge in [-0.25, -0.2) is 4.79 Å². The highest BCUT2D eigenvalue weighted by Crippen LogP contribution is 2.25. The molecular weight excluding hydrogens is 373 g/mol. The summed E-state index contributed by atoms with van der Waals surface area (Å²) in [5.41, 5.74) is -0.835. The Bertz CT molecular complexity index is 1070. The predicted octanol–water partition coefficient (Wildman–Crippen LogP) is 3.01. The van der Waals surface area contributed by atoms with Crippen molar-refractivity contribution in [2.24, 2.45) is 0 Å². The van der Waals surface area contributed by atoms with Gasteiger partial charge >= 0.3 is 5.69 Å². The number of hydrogen-bond donors (Lipinski definition) is 2. The molecule has 2 aromatic heterocycles. The van der Waals surface area contributed by atoms with Crippen molar-refractivity contribution in [2.75, 3.05) is 5.32 Å². The zero-order valence-electron chi connectivity index (χ0n) is 12.4. The first-order valence-electron chi connectivity index (χ1n) is 6.83. The third-order valence-corrected chi connectivity index (χ3v) is 4.83. The Labute approximate surface area is 149 Å². The van der Waals surface area contributed by atoms with Crippen LogP contribution in [0.3, 0.4) is 0 Å². The van der Waals surface area contributed by atoms with E-state index in [1.807, 2.05) is 6.92 Å². The minimum absolute atomic E-state index is 0.304. The molecule has 0 spiro atoms. The predicted molar refractivity (Wildman–Crippen MR) is 96.5 cm³/mol. The largest absolute Gasteiger partial charge is 0.329 e. The van der Waals surface area contributed by atoms with E-state index in [0.717, 1.165) is 9.44 Å². The summed E-state index contributed by atoms with van der Waals surface area (Å²) in [6, 6.07) is 6.29.